The molecule has 0 spiro atoms. The third kappa shape index (κ3) is 2.41. The summed E-state index contributed by atoms with van der Waals surface area (Å²) in [4.78, 5) is 14.3. The fourth-order valence-electron chi connectivity index (χ4n) is 2.89. The maximum absolute atomic E-state index is 11.4. The van der Waals surface area contributed by atoms with Crippen molar-refractivity contribution >= 4 is 0 Å². The van der Waals surface area contributed by atoms with Crippen LogP contribution < -0.4 is 10.9 Å². The number of H-pyrrole nitrogens is 1. The summed E-state index contributed by atoms with van der Waals surface area (Å²) in [5.74, 6) is 0.868. The highest BCUT2D eigenvalue weighted by Gasteiger charge is 2.21. The van der Waals surface area contributed by atoms with Crippen molar-refractivity contribution in [2.75, 3.05) is 0 Å². The van der Waals surface area contributed by atoms with Crippen molar-refractivity contribution in [2.45, 2.75) is 45.7 Å². The SMILES string of the molecule is Cc1noc(C)c1CNC1CCCc2[nH]c(=O)ccc21. The van der Waals surface area contributed by atoms with Crippen LogP contribution >= 0.6 is 0 Å². The lowest BCUT2D eigenvalue weighted by Crippen LogP contribution is -2.27. The maximum Gasteiger partial charge on any atom is 0.248 e. The zero-order valence-corrected chi connectivity index (χ0v) is 11.8. The van der Waals surface area contributed by atoms with Crippen LogP contribution in [0.5, 0.6) is 0 Å². The molecule has 1 aliphatic rings. The number of fused-ring (bicyclic) bond motifs is 1. The van der Waals surface area contributed by atoms with Gasteiger partial charge in [0.15, 0.2) is 0 Å². The highest BCUT2D eigenvalue weighted by atomic mass is 16.5. The van der Waals surface area contributed by atoms with Crippen molar-refractivity contribution in [3.63, 3.8) is 0 Å². The molecule has 106 valence electrons. The number of rotatable bonds is 3. The standard InChI is InChI=1S/C15H19N3O2/c1-9-12(10(2)20-18-9)8-16-13-4-3-5-14-11(13)6-7-15(19)17-14/h6-7,13,16H,3-5,8H2,1-2H3,(H,17,19). The van der Waals surface area contributed by atoms with Gasteiger partial charge in [0.1, 0.15) is 5.76 Å². The lowest BCUT2D eigenvalue weighted by atomic mass is 9.91. The van der Waals surface area contributed by atoms with Gasteiger partial charge in [-0.1, -0.05) is 11.2 Å². The van der Waals surface area contributed by atoms with E-state index < -0.39 is 0 Å². The number of nitrogens with zero attached hydrogens (tertiary/aromatic N) is 1. The van der Waals surface area contributed by atoms with Crippen LogP contribution in [0.1, 0.15) is 47.2 Å². The van der Waals surface area contributed by atoms with E-state index in [2.05, 4.69) is 15.5 Å². The van der Waals surface area contributed by atoms with Crippen LogP contribution in [-0.4, -0.2) is 10.1 Å². The Morgan fingerprint density at radius 3 is 3.05 bits per heavy atom. The van der Waals surface area contributed by atoms with E-state index >= 15 is 0 Å². The predicted octanol–water partition coefficient (Wildman–Crippen LogP) is 2.15. The Hall–Kier alpha value is -1.88. The molecule has 1 unspecified atom stereocenters. The Morgan fingerprint density at radius 2 is 2.30 bits per heavy atom. The Labute approximate surface area is 117 Å². The molecule has 0 bridgehead atoms. The molecule has 0 saturated heterocycles. The van der Waals surface area contributed by atoms with Gasteiger partial charge in [0.25, 0.3) is 0 Å². The van der Waals surface area contributed by atoms with Crippen molar-refractivity contribution in [3.05, 3.63) is 50.8 Å². The van der Waals surface area contributed by atoms with E-state index in [1.54, 1.807) is 6.07 Å². The molecular weight excluding hydrogens is 254 g/mol. The maximum atomic E-state index is 11.4. The van der Waals surface area contributed by atoms with E-state index in [9.17, 15) is 4.79 Å². The zero-order valence-electron chi connectivity index (χ0n) is 11.8. The van der Waals surface area contributed by atoms with Crippen molar-refractivity contribution in [2.24, 2.45) is 0 Å². The van der Waals surface area contributed by atoms with Crippen molar-refractivity contribution in [3.8, 4) is 0 Å². The van der Waals surface area contributed by atoms with Gasteiger partial charge in [0.2, 0.25) is 5.56 Å². The Balaban J connectivity index is 1.78. The van der Waals surface area contributed by atoms with Crippen LogP contribution in [0.2, 0.25) is 0 Å². The van der Waals surface area contributed by atoms with Gasteiger partial charge in [-0.15, -0.1) is 0 Å². The van der Waals surface area contributed by atoms with E-state index in [0.717, 1.165) is 48.5 Å². The normalized spacial score (nSPS) is 18.0. The van der Waals surface area contributed by atoms with E-state index in [1.807, 2.05) is 19.9 Å². The third-order valence-electron chi connectivity index (χ3n) is 4.04. The molecule has 0 radical (unpaired) electrons. The van der Waals surface area contributed by atoms with E-state index in [1.165, 1.54) is 5.56 Å². The summed E-state index contributed by atoms with van der Waals surface area (Å²) in [6, 6.07) is 3.83. The number of nitrogens with one attached hydrogen (secondary N) is 2. The topological polar surface area (TPSA) is 70.9 Å². The molecule has 1 atom stereocenters. The van der Waals surface area contributed by atoms with Gasteiger partial charge >= 0.3 is 0 Å². The largest absolute Gasteiger partial charge is 0.361 e. The summed E-state index contributed by atoms with van der Waals surface area (Å²) in [5, 5.41) is 7.53. The summed E-state index contributed by atoms with van der Waals surface area (Å²) >= 11 is 0. The zero-order chi connectivity index (χ0) is 14.1. The molecule has 2 N–H and O–H groups in total. The van der Waals surface area contributed by atoms with Crippen LogP contribution in [0.15, 0.2) is 21.5 Å². The smallest absolute Gasteiger partial charge is 0.248 e. The molecule has 3 rings (SSSR count). The monoisotopic (exact) mass is 273 g/mol. The van der Waals surface area contributed by atoms with Gasteiger partial charge in [-0.3, -0.25) is 4.79 Å². The van der Waals surface area contributed by atoms with E-state index in [-0.39, 0.29) is 11.6 Å². The molecule has 5 nitrogen and oxygen atoms in total. The first-order valence-corrected chi connectivity index (χ1v) is 7.02. The minimum Gasteiger partial charge on any atom is -0.361 e. The molecule has 5 heteroatoms. The van der Waals surface area contributed by atoms with Crippen molar-refractivity contribution in [1.29, 1.82) is 0 Å². The Bertz CT molecular complexity index is 652. The van der Waals surface area contributed by atoms with Gasteiger partial charge in [-0.05, 0) is 38.7 Å². The van der Waals surface area contributed by atoms with Gasteiger partial charge < -0.3 is 14.8 Å². The summed E-state index contributed by atoms with van der Waals surface area (Å²) in [6.07, 6.45) is 3.13. The summed E-state index contributed by atoms with van der Waals surface area (Å²) in [5.41, 5.74) is 4.33. The average Bonchev–Trinajstić information content (AvgIpc) is 2.75. The molecule has 0 aromatic carbocycles. The molecule has 1 aliphatic carbocycles. The van der Waals surface area contributed by atoms with Crippen molar-refractivity contribution < 1.29 is 4.52 Å². The lowest BCUT2D eigenvalue weighted by Gasteiger charge is -2.26. The molecule has 0 amide bonds. The molecular formula is C15H19N3O2. The number of aromatic nitrogens is 2. The van der Waals surface area contributed by atoms with Crippen molar-refractivity contribution in [1.82, 2.24) is 15.5 Å². The molecule has 2 aromatic heterocycles. The highest BCUT2D eigenvalue weighted by molar-refractivity contribution is 5.27. The van der Waals surface area contributed by atoms with Crippen LogP contribution in [0.3, 0.4) is 0 Å². The summed E-state index contributed by atoms with van der Waals surface area (Å²) < 4.78 is 5.18. The summed E-state index contributed by atoms with van der Waals surface area (Å²) in [6.45, 7) is 4.63. The fourth-order valence-corrected chi connectivity index (χ4v) is 2.89. The van der Waals surface area contributed by atoms with Crippen LogP contribution in [0.25, 0.3) is 0 Å². The first-order chi connectivity index (χ1) is 9.65. The molecule has 2 heterocycles. The minimum absolute atomic E-state index is 0.0184. The van der Waals surface area contributed by atoms with Gasteiger partial charge in [0.05, 0.1) is 5.69 Å². The van der Waals surface area contributed by atoms with Gasteiger partial charge in [-0.2, -0.15) is 0 Å². The number of aryl methyl sites for hydroxylation is 3. The van der Waals surface area contributed by atoms with Gasteiger partial charge in [-0.25, -0.2) is 0 Å². The Morgan fingerprint density at radius 1 is 1.45 bits per heavy atom. The second-order valence-corrected chi connectivity index (χ2v) is 5.38. The lowest BCUT2D eigenvalue weighted by molar-refractivity contribution is 0.390. The predicted molar refractivity (Wildman–Crippen MR) is 75.6 cm³/mol. The average molecular weight is 273 g/mol. The number of hydrogen-bond donors (Lipinski definition) is 2. The van der Waals surface area contributed by atoms with E-state index in [4.69, 9.17) is 4.52 Å². The van der Waals surface area contributed by atoms with Crippen LogP contribution in [0, 0.1) is 13.8 Å². The molecule has 0 fully saturated rings. The second kappa shape index (κ2) is 5.25. The molecule has 20 heavy (non-hydrogen) atoms. The summed E-state index contributed by atoms with van der Waals surface area (Å²) in [7, 11) is 0. The molecule has 0 aliphatic heterocycles. The second-order valence-electron chi connectivity index (χ2n) is 5.38. The van der Waals surface area contributed by atoms with Crippen LogP contribution in [0.4, 0.5) is 0 Å². The van der Waals surface area contributed by atoms with Gasteiger partial charge in [0, 0.05) is 29.9 Å². The Kier molecular flexibility index (Phi) is 3.44. The van der Waals surface area contributed by atoms with Crippen LogP contribution in [-0.2, 0) is 13.0 Å². The number of aromatic amines is 1. The molecule has 0 saturated carbocycles. The quantitative estimate of drug-likeness (QED) is 0.899. The first-order valence-electron chi connectivity index (χ1n) is 7.02. The van der Waals surface area contributed by atoms with E-state index in [0.29, 0.717) is 0 Å². The molecule has 2 aromatic rings. The first kappa shape index (κ1) is 13.1. The number of pyridine rings is 1. The fraction of sp³-hybridized carbons (Fsp3) is 0.467. The number of hydrogen-bond acceptors (Lipinski definition) is 4. The highest BCUT2D eigenvalue weighted by Crippen LogP contribution is 2.28. The third-order valence-corrected chi connectivity index (χ3v) is 4.04. The minimum atomic E-state index is -0.0184.